The standard InChI is InChI=1S/C4H7N3O2S/c1-10-4(5)7-6-2-3(8)9/h2H,1H3,(H2,5,7)(H,8,9). The summed E-state index contributed by atoms with van der Waals surface area (Å²) in [6, 6.07) is 0. The zero-order valence-corrected chi connectivity index (χ0v) is 6.13. The normalized spacial score (nSPS) is 12.3. The molecule has 0 spiro atoms. The smallest absolute Gasteiger partial charge is 0.348 e. The Morgan fingerprint density at radius 1 is 1.80 bits per heavy atom. The second-order valence-corrected chi connectivity index (χ2v) is 2.05. The molecule has 0 unspecified atom stereocenters. The first-order valence-corrected chi connectivity index (χ1v) is 3.52. The first-order valence-electron chi connectivity index (χ1n) is 2.30. The van der Waals surface area contributed by atoms with Crippen LogP contribution in [0.5, 0.6) is 0 Å². The van der Waals surface area contributed by atoms with E-state index in [1.807, 2.05) is 0 Å². The fraction of sp³-hybridized carbons (Fsp3) is 0.250. The van der Waals surface area contributed by atoms with Crippen molar-refractivity contribution in [3.05, 3.63) is 0 Å². The average Bonchev–Trinajstić information content (AvgIpc) is 1.87. The molecule has 0 aromatic rings. The van der Waals surface area contributed by atoms with Gasteiger partial charge in [0.1, 0.15) is 6.21 Å². The van der Waals surface area contributed by atoms with E-state index in [0.29, 0.717) is 6.21 Å². The Morgan fingerprint density at radius 3 is 2.80 bits per heavy atom. The number of nitrogens with two attached hydrogens (primary N) is 1. The molecule has 0 aliphatic rings. The van der Waals surface area contributed by atoms with Gasteiger partial charge in [-0.2, -0.15) is 0 Å². The van der Waals surface area contributed by atoms with Gasteiger partial charge in [-0.1, -0.05) is 11.8 Å². The van der Waals surface area contributed by atoms with E-state index in [0.717, 1.165) is 0 Å². The van der Waals surface area contributed by atoms with E-state index in [1.54, 1.807) is 6.26 Å². The van der Waals surface area contributed by atoms with Crippen LogP contribution in [0.2, 0.25) is 0 Å². The van der Waals surface area contributed by atoms with Crippen molar-refractivity contribution in [1.82, 2.24) is 0 Å². The minimum absolute atomic E-state index is 0.234. The molecule has 0 aromatic heterocycles. The Kier molecular flexibility index (Phi) is 4.30. The van der Waals surface area contributed by atoms with E-state index >= 15 is 0 Å². The molecule has 0 heterocycles. The number of carbonyl (C=O) groups is 1. The summed E-state index contributed by atoms with van der Waals surface area (Å²) in [5.41, 5.74) is 5.17. The number of rotatable bonds is 2. The van der Waals surface area contributed by atoms with Crippen LogP contribution in [-0.2, 0) is 4.79 Å². The number of hydrogen-bond acceptors (Lipinski definition) is 4. The third-order valence-electron chi connectivity index (χ3n) is 0.534. The Morgan fingerprint density at radius 2 is 2.40 bits per heavy atom. The molecule has 0 aliphatic carbocycles. The lowest BCUT2D eigenvalue weighted by atomic mass is 10.8. The van der Waals surface area contributed by atoms with Crippen molar-refractivity contribution in [2.24, 2.45) is 15.9 Å². The van der Waals surface area contributed by atoms with Crippen LogP contribution < -0.4 is 5.73 Å². The second kappa shape index (κ2) is 4.80. The molecule has 6 heteroatoms. The average molecular weight is 161 g/mol. The molecule has 3 N–H and O–H groups in total. The molecular formula is C4H7N3O2S. The van der Waals surface area contributed by atoms with Crippen LogP contribution in [0.25, 0.3) is 0 Å². The highest BCUT2D eigenvalue weighted by Crippen LogP contribution is 1.89. The Balaban J connectivity index is 3.82. The van der Waals surface area contributed by atoms with Crippen LogP contribution in [0.15, 0.2) is 10.2 Å². The number of carboxylic acid groups (broad SMARTS) is 1. The highest BCUT2D eigenvalue weighted by Gasteiger charge is 1.85. The highest BCUT2D eigenvalue weighted by atomic mass is 32.2. The molecule has 5 nitrogen and oxygen atoms in total. The number of aliphatic carboxylic acids is 1. The van der Waals surface area contributed by atoms with Gasteiger partial charge in [-0.3, -0.25) is 0 Å². The zero-order valence-electron chi connectivity index (χ0n) is 5.31. The third-order valence-corrected chi connectivity index (χ3v) is 1.03. The van der Waals surface area contributed by atoms with Crippen LogP contribution in [0.4, 0.5) is 0 Å². The Bertz CT molecular complexity index is 177. The lowest BCUT2D eigenvalue weighted by molar-refractivity contribution is -0.128. The summed E-state index contributed by atoms with van der Waals surface area (Å²) < 4.78 is 0. The first kappa shape index (κ1) is 8.96. The Labute approximate surface area is 62.0 Å². The van der Waals surface area contributed by atoms with Crippen LogP contribution in [0.1, 0.15) is 0 Å². The quantitative estimate of drug-likeness (QED) is 0.331. The molecule has 10 heavy (non-hydrogen) atoms. The number of nitrogens with zero attached hydrogens (tertiary/aromatic N) is 2. The maximum atomic E-state index is 9.80. The predicted molar refractivity (Wildman–Crippen MR) is 41.3 cm³/mol. The molecule has 0 bridgehead atoms. The molecule has 0 aliphatic heterocycles. The van der Waals surface area contributed by atoms with Gasteiger partial charge in [0.05, 0.1) is 0 Å². The van der Waals surface area contributed by atoms with E-state index in [2.05, 4.69) is 10.2 Å². The molecular weight excluding hydrogens is 154 g/mol. The second-order valence-electron chi connectivity index (χ2n) is 1.23. The monoisotopic (exact) mass is 161 g/mol. The summed E-state index contributed by atoms with van der Waals surface area (Å²) in [6.45, 7) is 0. The van der Waals surface area contributed by atoms with Gasteiger partial charge in [0, 0.05) is 0 Å². The minimum atomic E-state index is -1.14. The summed E-state index contributed by atoms with van der Waals surface area (Å²) in [6.07, 6.45) is 2.39. The number of amidine groups is 1. The molecule has 0 radical (unpaired) electrons. The molecule has 56 valence electrons. The van der Waals surface area contributed by atoms with Crippen LogP contribution in [-0.4, -0.2) is 28.7 Å². The van der Waals surface area contributed by atoms with Gasteiger partial charge in [0.2, 0.25) is 0 Å². The van der Waals surface area contributed by atoms with E-state index < -0.39 is 5.97 Å². The third kappa shape index (κ3) is 5.10. The molecule has 0 fully saturated rings. The predicted octanol–water partition coefficient (Wildman–Crippen LogP) is -0.265. The summed E-state index contributed by atoms with van der Waals surface area (Å²) >= 11 is 1.20. The SMILES string of the molecule is CS/C(N)=N\N=CC(=O)O. The fourth-order valence-electron chi connectivity index (χ4n) is 0.176. The number of hydrogen-bond donors (Lipinski definition) is 2. The van der Waals surface area contributed by atoms with Crippen molar-refractivity contribution in [2.45, 2.75) is 0 Å². The maximum Gasteiger partial charge on any atom is 0.348 e. The summed E-state index contributed by atoms with van der Waals surface area (Å²) in [5.74, 6) is -1.14. The van der Waals surface area contributed by atoms with E-state index in [4.69, 9.17) is 10.8 Å². The van der Waals surface area contributed by atoms with Gasteiger partial charge in [0.25, 0.3) is 0 Å². The fourth-order valence-corrected chi connectivity index (χ4v) is 0.305. The van der Waals surface area contributed by atoms with Crippen LogP contribution in [0.3, 0.4) is 0 Å². The molecule has 0 saturated heterocycles. The summed E-state index contributed by atoms with van der Waals surface area (Å²) in [5, 5.41) is 14.8. The van der Waals surface area contributed by atoms with E-state index in [1.165, 1.54) is 11.8 Å². The highest BCUT2D eigenvalue weighted by molar-refractivity contribution is 8.13. The lowest BCUT2D eigenvalue weighted by Crippen LogP contribution is -2.04. The van der Waals surface area contributed by atoms with Gasteiger partial charge in [-0.05, 0) is 6.26 Å². The van der Waals surface area contributed by atoms with Gasteiger partial charge in [-0.15, -0.1) is 10.2 Å². The zero-order chi connectivity index (χ0) is 7.98. The van der Waals surface area contributed by atoms with Crippen molar-refractivity contribution in [3.63, 3.8) is 0 Å². The topological polar surface area (TPSA) is 88.0 Å². The first-order chi connectivity index (χ1) is 4.66. The lowest BCUT2D eigenvalue weighted by Gasteiger charge is -1.85. The Hall–Kier alpha value is -1.04. The number of thioether (sulfide) groups is 1. The van der Waals surface area contributed by atoms with E-state index in [-0.39, 0.29) is 5.17 Å². The largest absolute Gasteiger partial charge is 0.477 e. The van der Waals surface area contributed by atoms with Gasteiger partial charge >= 0.3 is 5.97 Å². The molecule has 0 aromatic carbocycles. The van der Waals surface area contributed by atoms with Crippen LogP contribution in [0, 0.1) is 0 Å². The summed E-state index contributed by atoms with van der Waals surface area (Å²) in [7, 11) is 0. The van der Waals surface area contributed by atoms with Gasteiger partial charge in [0.15, 0.2) is 5.17 Å². The van der Waals surface area contributed by atoms with Crippen molar-refractivity contribution < 1.29 is 9.90 Å². The van der Waals surface area contributed by atoms with Crippen molar-refractivity contribution >= 4 is 29.1 Å². The minimum Gasteiger partial charge on any atom is -0.477 e. The van der Waals surface area contributed by atoms with Crippen LogP contribution >= 0.6 is 11.8 Å². The molecule has 0 atom stereocenters. The van der Waals surface area contributed by atoms with Gasteiger partial charge < -0.3 is 10.8 Å². The number of carboxylic acids is 1. The maximum absolute atomic E-state index is 9.80. The van der Waals surface area contributed by atoms with Crippen molar-refractivity contribution in [1.29, 1.82) is 0 Å². The van der Waals surface area contributed by atoms with E-state index in [9.17, 15) is 4.79 Å². The van der Waals surface area contributed by atoms with Gasteiger partial charge in [-0.25, -0.2) is 4.79 Å². The summed E-state index contributed by atoms with van der Waals surface area (Å²) in [4.78, 5) is 9.80. The molecule has 0 rings (SSSR count). The van der Waals surface area contributed by atoms with Crippen molar-refractivity contribution in [2.75, 3.05) is 6.26 Å². The molecule has 0 saturated carbocycles. The molecule has 0 amide bonds. The van der Waals surface area contributed by atoms with Crippen molar-refractivity contribution in [3.8, 4) is 0 Å².